The molecule has 0 spiro atoms. The van der Waals surface area contributed by atoms with Crippen molar-refractivity contribution >= 4 is 10.9 Å². The highest BCUT2D eigenvalue weighted by atomic mass is 16.5. The van der Waals surface area contributed by atoms with Crippen LogP contribution in [0.25, 0.3) is 10.9 Å². The normalized spacial score (nSPS) is 18.2. The number of nitrogens with zero attached hydrogens (tertiary/aromatic N) is 1. The number of rotatable bonds is 4. The zero-order chi connectivity index (χ0) is 13.8. The Morgan fingerprint density at radius 1 is 1.20 bits per heavy atom. The summed E-state index contributed by atoms with van der Waals surface area (Å²) in [5, 5.41) is 4.87. The van der Waals surface area contributed by atoms with E-state index in [1.807, 2.05) is 12.3 Å². The predicted molar refractivity (Wildman–Crippen MR) is 81.6 cm³/mol. The quantitative estimate of drug-likeness (QED) is 0.926. The zero-order valence-corrected chi connectivity index (χ0v) is 12.1. The molecule has 3 rings (SSSR count). The van der Waals surface area contributed by atoms with Crippen molar-refractivity contribution in [2.75, 3.05) is 19.8 Å². The van der Waals surface area contributed by atoms with Crippen LogP contribution in [0.4, 0.5) is 0 Å². The van der Waals surface area contributed by atoms with E-state index in [1.54, 1.807) is 0 Å². The predicted octanol–water partition coefficient (Wildman–Crippen LogP) is 3.14. The number of aromatic nitrogens is 1. The summed E-state index contributed by atoms with van der Waals surface area (Å²) in [5.74, 6) is 0. The molecule has 20 heavy (non-hydrogen) atoms. The van der Waals surface area contributed by atoms with Crippen LogP contribution in [0.3, 0.4) is 0 Å². The van der Waals surface area contributed by atoms with Crippen LogP contribution < -0.4 is 5.32 Å². The number of fused-ring (bicyclic) bond motifs is 1. The molecule has 1 aromatic heterocycles. The fourth-order valence-corrected chi connectivity index (χ4v) is 2.85. The third-order valence-corrected chi connectivity index (χ3v) is 4.31. The largest absolute Gasteiger partial charge is 0.381 e. The molecule has 0 amide bonds. The van der Waals surface area contributed by atoms with Crippen molar-refractivity contribution in [3.63, 3.8) is 0 Å². The molecule has 1 aromatic carbocycles. The molecule has 0 radical (unpaired) electrons. The van der Waals surface area contributed by atoms with Crippen LogP contribution in [-0.4, -0.2) is 24.7 Å². The summed E-state index contributed by atoms with van der Waals surface area (Å²) in [7, 11) is 0. The van der Waals surface area contributed by atoms with Crippen LogP contribution in [-0.2, 0) is 11.3 Å². The highest BCUT2D eigenvalue weighted by Crippen LogP contribution is 2.28. The van der Waals surface area contributed by atoms with Gasteiger partial charge in [0, 0.05) is 37.9 Å². The maximum absolute atomic E-state index is 5.45. The van der Waals surface area contributed by atoms with Crippen molar-refractivity contribution in [3.8, 4) is 0 Å². The lowest BCUT2D eigenvalue weighted by molar-refractivity contribution is 0.0240. The summed E-state index contributed by atoms with van der Waals surface area (Å²) in [4.78, 5) is 4.41. The maximum Gasteiger partial charge on any atom is 0.0705 e. The van der Waals surface area contributed by atoms with Crippen LogP contribution in [0.15, 0.2) is 36.5 Å². The number of ether oxygens (including phenoxy) is 1. The van der Waals surface area contributed by atoms with Crippen LogP contribution in [0, 0.1) is 5.41 Å². The summed E-state index contributed by atoms with van der Waals surface area (Å²) in [6, 6.07) is 10.4. The Morgan fingerprint density at radius 3 is 2.85 bits per heavy atom. The number of benzene rings is 1. The van der Waals surface area contributed by atoms with Gasteiger partial charge in [0.2, 0.25) is 0 Å². The molecule has 1 aliphatic rings. The summed E-state index contributed by atoms with van der Waals surface area (Å²) in [6.45, 7) is 6.10. The lowest BCUT2D eigenvalue weighted by Crippen LogP contribution is -2.36. The molecule has 3 nitrogen and oxygen atoms in total. The molecule has 2 aromatic rings. The van der Waals surface area contributed by atoms with Gasteiger partial charge in [-0.05, 0) is 36.0 Å². The van der Waals surface area contributed by atoms with E-state index in [2.05, 4.69) is 41.5 Å². The van der Waals surface area contributed by atoms with Gasteiger partial charge in [-0.1, -0.05) is 25.1 Å². The molecule has 1 aliphatic heterocycles. The molecule has 0 saturated carbocycles. The second-order valence-electron chi connectivity index (χ2n) is 6.01. The molecule has 0 atom stereocenters. The van der Waals surface area contributed by atoms with Gasteiger partial charge in [0.05, 0.1) is 5.52 Å². The number of hydrogen-bond donors (Lipinski definition) is 1. The third kappa shape index (κ3) is 3.00. The molecule has 0 unspecified atom stereocenters. The minimum absolute atomic E-state index is 0.376. The minimum Gasteiger partial charge on any atom is -0.381 e. The van der Waals surface area contributed by atoms with E-state index in [-0.39, 0.29) is 0 Å². The Bertz CT molecular complexity index is 571. The van der Waals surface area contributed by atoms with Crippen LogP contribution >= 0.6 is 0 Å². The first kappa shape index (κ1) is 13.5. The Labute approximate surface area is 120 Å². The summed E-state index contributed by atoms with van der Waals surface area (Å²) in [5.41, 5.74) is 2.77. The van der Waals surface area contributed by atoms with E-state index in [1.165, 1.54) is 10.9 Å². The Hall–Kier alpha value is -1.45. The van der Waals surface area contributed by atoms with Gasteiger partial charge in [0.1, 0.15) is 0 Å². The van der Waals surface area contributed by atoms with Crippen molar-refractivity contribution in [1.82, 2.24) is 10.3 Å². The van der Waals surface area contributed by atoms with Gasteiger partial charge in [0.15, 0.2) is 0 Å². The van der Waals surface area contributed by atoms with E-state index in [0.717, 1.165) is 44.7 Å². The van der Waals surface area contributed by atoms with Gasteiger partial charge in [-0.25, -0.2) is 0 Å². The highest BCUT2D eigenvalue weighted by Gasteiger charge is 2.26. The standard InChI is InChI=1S/C17H22N2O/c1-17(7-10-20-11-8-17)13-18-12-14-6-9-19-16-5-3-2-4-15(14)16/h2-6,9,18H,7-8,10-13H2,1H3. The van der Waals surface area contributed by atoms with Crippen LogP contribution in [0.5, 0.6) is 0 Å². The average molecular weight is 270 g/mol. The summed E-state index contributed by atoms with van der Waals surface area (Å²) < 4.78 is 5.45. The maximum atomic E-state index is 5.45. The number of nitrogens with one attached hydrogen (secondary N) is 1. The Kier molecular flexibility index (Phi) is 3.99. The molecule has 106 valence electrons. The first-order chi connectivity index (χ1) is 9.77. The zero-order valence-electron chi connectivity index (χ0n) is 12.1. The van der Waals surface area contributed by atoms with Crippen molar-refractivity contribution in [2.24, 2.45) is 5.41 Å². The second-order valence-corrected chi connectivity index (χ2v) is 6.01. The monoisotopic (exact) mass is 270 g/mol. The molecular formula is C17H22N2O. The van der Waals surface area contributed by atoms with E-state index in [0.29, 0.717) is 5.41 Å². The molecular weight excluding hydrogens is 248 g/mol. The molecule has 2 heterocycles. The first-order valence-corrected chi connectivity index (χ1v) is 7.38. The van der Waals surface area contributed by atoms with E-state index in [9.17, 15) is 0 Å². The molecule has 1 saturated heterocycles. The van der Waals surface area contributed by atoms with Crippen molar-refractivity contribution in [3.05, 3.63) is 42.1 Å². The number of hydrogen-bond acceptors (Lipinski definition) is 3. The lowest BCUT2D eigenvalue weighted by Gasteiger charge is -2.33. The highest BCUT2D eigenvalue weighted by molar-refractivity contribution is 5.81. The van der Waals surface area contributed by atoms with Gasteiger partial charge in [-0.2, -0.15) is 0 Å². The lowest BCUT2D eigenvalue weighted by atomic mass is 9.82. The smallest absolute Gasteiger partial charge is 0.0705 e. The van der Waals surface area contributed by atoms with Gasteiger partial charge in [0.25, 0.3) is 0 Å². The number of pyridine rings is 1. The van der Waals surface area contributed by atoms with Gasteiger partial charge in [-0.15, -0.1) is 0 Å². The van der Waals surface area contributed by atoms with Crippen molar-refractivity contribution in [2.45, 2.75) is 26.3 Å². The topological polar surface area (TPSA) is 34.2 Å². The SMILES string of the molecule is CC1(CNCc2ccnc3ccccc23)CCOCC1. The summed E-state index contributed by atoms with van der Waals surface area (Å²) >= 11 is 0. The third-order valence-electron chi connectivity index (χ3n) is 4.31. The molecule has 0 bridgehead atoms. The Balaban J connectivity index is 1.65. The second kappa shape index (κ2) is 5.90. The fraction of sp³-hybridized carbons (Fsp3) is 0.471. The Morgan fingerprint density at radius 2 is 2.00 bits per heavy atom. The number of para-hydroxylation sites is 1. The minimum atomic E-state index is 0.376. The fourth-order valence-electron chi connectivity index (χ4n) is 2.85. The summed E-state index contributed by atoms with van der Waals surface area (Å²) in [6.07, 6.45) is 4.20. The van der Waals surface area contributed by atoms with Gasteiger partial charge in [-0.3, -0.25) is 4.98 Å². The van der Waals surface area contributed by atoms with E-state index >= 15 is 0 Å². The molecule has 0 aliphatic carbocycles. The van der Waals surface area contributed by atoms with Crippen molar-refractivity contribution < 1.29 is 4.74 Å². The van der Waals surface area contributed by atoms with Crippen LogP contribution in [0.2, 0.25) is 0 Å². The first-order valence-electron chi connectivity index (χ1n) is 7.38. The van der Waals surface area contributed by atoms with E-state index in [4.69, 9.17) is 4.74 Å². The van der Waals surface area contributed by atoms with Crippen molar-refractivity contribution in [1.29, 1.82) is 0 Å². The average Bonchev–Trinajstić information content (AvgIpc) is 2.48. The molecule has 1 fully saturated rings. The van der Waals surface area contributed by atoms with E-state index < -0.39 is 0 Å². The molecule has 3 heteroatoms. The van der Waals surface area contributed by atoms with Gasteiger partial charge >= 0.3 is 0 Å². The van der Waals surface area contributed by atoms with Crippen LogP contribution in [0.1, 0.15) is 25.3 Å². The molecule has 1 N–H and O–H groups in total. The van der Waals surface area contributed by atoms with Gasteiger partial charge < -0.3 is 10.1 Å².